The number of nitrogens with zero attached hydrogens (tertiary/aromatic N) is 3. The Kier molecular flexibility index (Phi) is 2.92. The van der Waals surface area contributed by atoms with Gasteiger partial charge < -0.3 is 5.32 Å². The van der Waals surface area contributed by atoms with E-state index >= 15 is 0 Å². The van der Waals surface area contributed by atoms with Crippen molar-refractivity contribution >= 4 is 0 Å². The van der Waals surface area contributed by atoms with E-state index in [1.165, 1.54) is 43.7 Å². The molecule has 17 heavy (non-hydrogen) atoms. The van der Waals surface area contributed by atoms with Gasteiger partial charge in [0.05, 0.1) is 5.69 Å². The number of aromatic nitrogens is 2. The van der Waals surface area contributed by atoms with Gasteiger partial charge in [0.2, 0.25) is 0 Å². The summed E-state index contributed by atoms with van der Waals surface area (Å²) in [6.07, 6.45) is 4.92. The number of piperidine rings is 1. The molecule has 0 aromatic carbocycles. The number of nitrogens with one attached hydrogen (secondary N) is 1. The molecule has 3 rings (SSSR count). The van der Waals surface area contributed by atoms with Crippen LogP contribution in [0.5, 0.6) is 0 Å². The number of aryl methyl sites for hydroxylation is 2. The maximum atomic E-state index is 4.44. The zero-order chi connectivity index (χ0) is 11.8. The van der Waals surface area contributed by atoms with Crippen LogP contribution in [0.25, 0.3) is 0 Å². The van der Waals surface area contributed by atoms with Gasteiger partial charge in [-0.05, 0) is 38.8 Å². The predicted octanol–water partition coefficient (Wildman–Crippen LogP) is 0.912. The van der Waals surface area contributed by atoms with E-state index in [4.69, 9.17) is 0 Å². The molecule has 4 heteroatoms. The summed E-state index contributed by atoms with van der Waals surface area (Å²) in [6.45, 7) is 6.82. The van der Waals surface area contributed by atoms with E-state index in [-0.39, 0.29) is 0 Å². The van der Waals surface area contributed by atoms with Gasteiger partial charge in [0.15, 0.2) is 0 Å². The van der Waals surface area contributed by atoms with Crippen LogP contribution in [0.15, 0.2) is 6.20 Å². The highest BCUT2D eigenvalue weighted by Crippen LogP contribution is 2.27. The first-order valence-electron chi connectivity index (χ1n) is 6.68. The van der Waals surface area contributed by atoms with Crippen LogP contribution < -0.4 is 5.32 Å². The number of likely N-dealkylation sites (tertiary alicyclic amines) is 1. The van der Waals surface area contributed by atoms with E-state index in [2.05, 4.69) is 28.4 Å². The summed E-state index contributed by atoms with van der Waals surface area (Å²) in [5.41, 5.74) is 2.57. The molecule has 1 N–H and O–H groups in total. The van der Waals surface area contributed by atoms with Crippen molar-refractivity contribution < 1.29 is 0 Å². The van der Waals surface area contributed by atoms with Gasteiger partial charge in [0, 0.05) is 37.9 Å². The molecule has 94 valence electrons. The standard InChI is InChI=1S/C13H22N4/c1-10-12(8-16(2)15-10)9-17-5-3-4-11-6-14-7-13(11)17/h8,11,13-14H,3-7,9H2,1-2H3. The first-order valence-corrected chi connectivity index (χ1v) is 6.68. The van der Waals surface area contributed by atoms with E-state index in [1.807, 2.05) is 11.7 Å². The van der Waals surface area contributed by atoms with Gasteiger partial charge in [-0.3, -0.25) is 9.58 Å². The molecule has 0 amide bonds. The van der Waals surface area contributed by atoms with Gasteiger partial charge in [-0.25, -0.2) is 0 Å². The average molecular weight is 234 g/mol. The van der Waals surface area contributed by atoms with E-state index < -0.39 is 0 Å². The van der Waals surface area contributed by atoms with Gasteiger partial charge >= 0.3 is 0 Å². The van der Waals surface area contributed by atoms with Crippen molar-refractivity contribution in [1.29, 1.82) is 0 Å². The first kappa shape index (κ1) is 11.2. The monoisotopic (exact) mass is 234 g/mol. The molecule has 0 saturated carbocycles. The molecule has 2 atom stereocenters. The molecule has 0 bridgehead atoms. The molecule has 0 aliphatic carbocycles. The Hall–Kier alpha value is -0.870. The lowest BCUT2D eigenvalue weighted by Gasteiger charge is -2.36. The molecule has 0 spiro atoms. The van der Waals surface area contributed by atoms with Crippen molar-refractivity contribution in [3.8, 4) is 0 Å². The highest BCUT2D eigenvalue weighted by atomic mass is 15.3. The third-order valence-corrected chi connectivity index (χ3v) is 4.28. The third-order valence-electron chi connectivity index (χ3n) is 4.28. The lowest BCUT2D eigenvalue weighted by molar-refractivity contribution is 0.117. The molecule has 2 aliphatic rings. The average Bonchev–Trinajstić information content (AvgIpc) is 2.87. The number of fused-ring (bicyclic) bond motifs is 1. The minimum Gasteiger partial charge on any atom is -0.315 e. The van der Waals surface area contributed by atoms with Crippen LogP contribution in [0.1, 0.15) is 24.1 Å². The van der Waals surface area contributed by atoms with Crippen LogP contribution in [0.3, 0.4) is 0 Å². The van der Waals surface area contributed by atoms with Crippen molar-refractivity contribution in [2.24, 2.45) is 13.0 Å². The molecule has 2 aliphatic heterocycles. The Morgan fingerprint density at radius 2 is 2.35 bits per heavy atom. The van der Waals surface area contributed by atoms with E-state index in [9.17, 15) is 0 Å². The summed E-state index contributed by atoms with van der Waals surface area (Å²) in [6, 6.07) is 0.753. The van der Waals surface area contributed by atoms with Gasteiger partial charge in [-0.15, -0.1) is 0 Å². The van der Waals surface area contributed by atoms with Crippen LogP contribution in [0, 0.1) is 12.8 Å². The SMILES string of the molecule is Cc1nn(C)cc1CN1CCCC2CNCC21. The largest absolute Gasteiger partial charge is 0.315 e. The highest BCUT2D eigenvalue weighted by molar-refractivity contribution is 5.15. The third kappa shape index (κ3) is 2.11. The summed E-state index contributed by atoms with van der Waals surface area (Å²) in [5.74, 6) is 0.876. The minimum atomic E-state index is 0.753. The van der Waals surface area contributed by atoms with Crippen molar-refractivity contribution in [2.45, 2.75) is 32.4 Å². The molecule has 2 fully saturated rings. The summed E-state index contributed by atoms with van der Waals surface area (Å²) < 4.78 is 1.93. The Morgan fingerprint density at radius 3 is 3.12 bits per heavy atom. The predicted molar refractivity (Wildman–Crippen MR) is 67.7 cm³/mol. The van der Waals surface area contributed by atoms with Crippen molar-refractivity contribution in [3.05, 3.63) is 17.5 Å². The molecule has 2 saturated heterocycles. The number of hydrogen-bond acceptors (Lipinski definition) is 3. The topological polar surface area (TPSA) is 33.1 Å². The van der Waals surface area contributed by atoms with Crippen LogP contribution >= 0.6 is 0 Å². The maximum Gasteiger partial charge on any atom is 0.0638 e. The Labute approximate surface area is 103 Å². The minimum absolute atomic E-state index is 0.753. The summed E-state index contributed by atoms with van der Waals surface area (Å²) >= 11 is 0. The zero-order valence-electron chi connectivity index (χ0n) is 10.8. The zero-order valence-corrected chi connectivity index (χ0v) is 10.8. The molecule has 1 aromatic heterocycles. The smallest absolute Gasteiger partial charge is 0.0638 e. The molecule has 4 nitrogen and oxygen atoms in total. The summed E-state index contributed by atoms with van der Waals surface area (Å²) in [7, 11) is 2.01. The van der Waals surface area contributed by atoms with Crippen LogP contribution in [-0.4, -0.2) is 40.4 Å². The Morgan fingerprint density at radius 1 is 1.47 bits per heavy atom. The van der Waals surface area contributed by atoms with Crippen LogP contribution in [0.2, 0.25) is 0 Å². The number of rotatable bonds is 2. The molecule has 0 radical (unpaired) electrons. The fraction of sp³-hybridized carbons (Fsp3) is 0.769. The molecular formula is C13H22N4. The molecule has 1 aromatic rings. The molecule has 3 heterocycles. The van der Waals surface area contributed by atoms with Crippen molar-refractivity contribution in [2.75, 3.05) is 19.6 Å². The molecule has 2 unspecified atom stereocenters. The Bertz CT molecular complexity index is 398. The lowest BCUT2D eigenvalue weighted by Crippen LogP contribution is -2.44. The van der Waals surface area contributed by atoms with E-state index in [1.54, 1.807) is 0 Å². The quantitative estimate of drug-likeness (QED) is 0.826. The highest BCUT2D eigenvalue weighted by Gasteiger charge is 2.34. The fourth-order valence-electron chi connectivity index (χ4n) is 3.38. The van der Waals surface area contributed by atoms with Gasteiger partial charge in [0.25, 0.3) is 0 Å². The van der Waals surface area contributed by atoms with Gasteiger partial charge in [-0.2, -0.15) is 5.10 Å². The first-order chi connectivity index (χ1) is 8.24. The van der Waals surface area contributed by atoms with E-state index in [0.717, 1.165) is 18.5 Å². The fourth-order valence-corrected chi connectivity index (χ4v) is 3.38. The second-order valence-corrected chi connectivity index (χ2v) is 5.51. The summed E-state index contributed by atoms with van der Waals surface area (Å²) in [5, 5.41) is 7.97. The second kappa shape index (κ2) is 4.42. The summed E-state index contributed by atoms with van der Waals surface area (Å²) in [4.78, 5) is 2.65. The van der Waals surface area contributed by atoms with Crippen LogP contribution in [0.4, 0.5) is 0 Å². The number of hydrogen-bond donors (Lipinski definition) is 1. The van der Waals surface area contributed by atoms with Crippen LogP contribution in [-0.2, 0) is 13.6 Å². The maximum absolute atomic E-state index is 4.44. The van der Waals surface area contributed by atoms with Crippen molar-refractivity contribution in [1.82, 2.24) is 20.0 Å². The molecular weight excluding hydrogens is 212 g/mol. The Balaban J connectivity index is 1.73. The van der Waals surface area contributed by atoms with Crippen molar-refractivity contribution in [3.63, 3.8) is 0 Å². The second-order valence-electron chi connectivity index (χ2n) is 5.51. The normalized spacial score (nSPS) is 29.5. The lowest BCUT2D eigenvalue weighted by atomic mass is 9.92. The van der Waals surface area contributed by atoms with Gasteiger partial charge in [-0.1, -0.05) is 0 Å². The van der Waals surface area contributed by atoms with E-state index in [0.29, 0.717) is 0 Å². The van der Waals surface area contributed by atoms with Gasteiger partial charge in [0.1, 0.15) is 0 Å².